The van der Waals surface area contributed by atoms with E-state index in [9.17, 15) is 4.79 Å². The quantitative estimate of drug-likeness (QED) is 0.447. The van der Waals surface area contributed by atoms with Gasteiger partial charge in [-0.3, -0.25) is 9.89 Å². The predicted molar refractivity (Wildman–Crippen MR) is 105 cm³/mol. The van der Waals surface area contributed by atoms with E-state index in [0.29, 0.717) is 27.1 Å². The van der Waals surface area contributed by atoms with E-state index in [1.54, 1.807) is 48.5 Å². The lowest BCUT2D eigenvalue weighted by atomic mass is 10.2. The third kappa shape index (κ3) is 4.84. The lowest BCUT2D eigenvalue weighted by Gasteiger charge is -2.11. The van der Waals surface area contributed by atoms with Crippen LogP contribution in [0.3, 0.4) is 0 Å². The van der Waals surface area contributed by atoms with Crippen LogP contribution in [0.25, 0.3) is 0 Å². The van der Waals surface area contributed by atoms with Crippen molar-refractivity contribution in [2.75, 3.05) is 10.6 Å². The number of aryl methyl sites for hydroxylation is 1. The van der Waals surface area contributed by atoms with Crippen LogP contribution >= 0.6 is 23.2 Å². The van der Waals surface area contributed by atoms with Crippen molar-refractivity contribution in [2.24, 2.45) is 4.99 Å². The Morgan fingerprint density at radius 2 is 1.77 bits per heavy atom. The van der Waals surface area contributed by atoms with Crippen LogP contribution in [0, 0.1) is 6.92 Å². The van der Waals surface area contributed by atoms with Crippen LogP contribution in [0.15, 0.2) is 59.6 Å². The van der Waals surface area contributed by atoms with Crippen molar-refractivity contribution in [3.8, 4) is 0 Å². The topological polar surface area (TPSA) is 82.2 Å². The van der Waals surface area contributed by atoms with E-state index in [2.05, 4.69) is 25.8 Å². The molecule has 26 heavy (non-hydrogen) atoms. The average molecular weight is 388 g/mol. The first-order valence-corrected chi connectivity index (χ1v) is 8.45. The average Bonchev–Trinajstić information content (AvgIpc) is 2.99. The minimum Gasteiger partial charge on any atom is -0.326 e. The van der Waals surface area contributed by atoms with Gasteiger partial charge in [-0.25, -0.2) is 0 Å². The largest absolute Gasteiger partial charge is 0.326 e. The molecule has 3 N–H and O–H groups in total. The highest BCUT2D eigenvalue weighted by Gasteiger charge is 2.10. The maximum absolute atomic E-state index is 12.5. The Bertz CT molecular complexity index is 967. The van der Waals surface area contributed by atoms with Crippen LogP contribution in [0.4, 0.5) is 11.5 Å². The number of aliphatic imine (C=N–C) groups is 1. The molecule has 0 aliphatic heterocycles. The smallest absolute Gasteiger partial charge is 0.280 e. The lowest BCUT2D eigenvalue weighted by molar-refractivity contribution is 0.100. The Balaban J connectivity index is 1.89. The van der Waals surface area contributed by atoms with Crippen molar-refractivity contribution >= 4 is 46.6 Å². The van der Waals surface area contributed by atoms with E-state index in [4.69, 9.17) is 23.2 Å². The number of benzene rings is 2. The molecule has 0 aliphatic carbocycles. The number of aromatic amines is 1. The molecule has 1 aromatic heterocycles. The van der Waals surface area contributed by atoms with Crippen molar-refractivity contribution in [3.63, 3.8) is 0 Å². The molecular weight excluding hydrogens is 373 g/mol. The van der Waals surface area contributed by atoms with Gasteiger partial charge in [-0.2, -0.15) is 10.1 Å². The van der Waals surface area contributed by atoms with Gasteiger partial charge in [-0.1, -0.05) is 35.3 Å². The molecule has 132 valence electrons. The molecule has 0 aliphatic rings. The predicted octanol–water partition coefficient (Wildman–Crippen LogP) is 4.75. The van der Waals surface area contributed by atoms with Gasteiger partial charge in [0.25, 0.3) is 5.91 Å². The first-order chi connectivity index (χ1) is 12.5. The summed E-state index contributed by atoms with van der Waals surface area (Å²) in [4.78, 5) is 16.6. The summed E-state index contributed by atoms with van der Waals surface area (Å²) < 4.78 is 0. The van der Waals surface area contributed by atoms with Crippen LogP contribution in [0.2, 0.25) is 10.0 Å². The number of nitrogens with zero attached hydrogens (tertiary/aromatic N) is 2. The number of carbonyl (C=O) groups excluding carboxylic acids is 1. The third-order valence-electron chi connectivity index (χ3n) is 3.32. The zero-order valence-electron chi connectivity index (χ0n) is 13.8. The minimum absolute atomic E-state index is 0.212. The summed E-state index contributed by atoms with van der Waals surface area (Å²) in [5.41, 5.74) is 1.92. The van der Waals surface area contributed by atoms with Crippen LogP contribution in [0.5, 0.6) is 0 Å². The number of H-pyrrole nitrogens is 1. The molecule has 0 atom stereocenters. The summed E-state index contributed by atoms with van der Waals surface area (Å²) in [5.74, 6) is 0.287. The summed E-state index contributed by atoms with van der Waals surface area (Å²) in [6, 6.07) is 15.5. The molecule has 3 aromatic rings. The van der Waals surface area contributed by atoms with Gasteiger partial charge in [0.1, 0.15) is 0 Å². The van der Waals surface area contributed by atoms with Gasteiger partial charge in [0.2, 0.25) is 5.96 Å². The fourth-order valence-corrected chi connectivity index (χ4v) is 2.56. The van der Waals surface area contributed by atoms with Crippen LogP contribution < -0.4 is 10.6 Å². The number of carbonyl (C=O) groups is 1. The van der Waals surface area contributed by atoms with E-state index in [1.165, 1.54) is 0 Å². The highest BCUT2D eigenvalue weighted by molar-refractivity contribution is 6.31. The third-order valence-corrected chi connectivity index (χ3v) is 3.79. The van der Waals surface area contributed by atoms with Gasteiger partial charge >= 0.3 is 0 Å². The molecule has 1 heterocycles. The van der Waals surface area contributed by atoms with E-state index in [1.807, 2.05) is 13.0 Å². The van der Waals surface area contributed by atoms with Gasteiger partial charge in [-0.05, 0) is 43.3 Å². The van der Waals surface area contributed by atoms with Crippen LogP contribution in [-0.4, -0.2) is 22.1 Å². The van der Waals surface area contributed by atoms with E-state index >= 15 is 0 Å². The molecule has 0 spiro atoms. The highest BCUT2D eigenvalue weighted by Crippen LogP contribution is 2.16. The normalized spacial score (nSPS) is 11.3. The molecule has 0 fully saturated rings. The number of anilines is 2. The first-order valence-electron chi connectivity index (χ1n) is 7.70. The first kappa shape index (κ1) is 18.0. The molecule has 8 heteroatoms. The lowest BCUT2D eigenvalue weighted by Crippen LogP contribution is -2.24. The number of hydrogen-bond donors (Lipinski definition) is 3. The molecule has 6 nitrogen and oxygen atoms in total. The number of nitrogens with one attached hydrogen (secondary N) is 3. The molecule has 0 saturated heterocycles. The highest BCUT2D eigenvalue weighted by atomic mass is 35.5. The summed E-state index contributed by atoms with van der Waals surface area (Å²) in [5, 5.41) is 14.0. The van der Waals surface area contributed by atoms with Crippen molar-refractivity contribution < 1.29 is 4.79 Å². The number of halogens is 2. The standard InChI is InChI=1S/C18H15Cl2N5O/c1-11-8-16(25-24-11)22-18(21-15-7-3-6-14(20)10-15)23-17(26)12-4-2-5-13(19)9-12/h2-10H,1H3,(H3,21,22,23,24,25,26). The van der Waals surface area contributed by atoms with E-state index in [-0.39, 0.29) is 5.96 Å². The van der Waals surface area contributed by atoms with Gasteiger partial charge in [-0.15, -0.1) is 0 Å². The van der Waals surface area contributed by atoms with Gasteiger partial charge < -0.3 is 10.6 Å². The summed E-state index contributed by atoms with van der Waals surface area (Å²) in [7, 11) is 0. The molecule has 2 aromatic carbocycles. The minimum atomic E-state index is -0.447. The van der Waals surface area contributed by atoms with Crippen molar-refractivity contribution in [1.29, 1.82) is 0 Å². The van der Waals surface area contributed by atoms with E-state index < -0.39 is 5.91 Å². The Morgan fingerprint density at radius 3 is 2.42 bits per heavy atom. The van der Waals surface area contributed by atoms with Gasteiger partial charge in [0.05, 0.1) is 0 Å². The maximum atomic E-state index is 12.5. The molecule has 0 bridgehead atoms. The molecule has 0 saturated carbocycles. The zero-order chi connectivity index (χ0) is 18.5. The Hall–Kier alpha value is -2.83. The second kappa shape index (κ2) is 8.03. The Morgan fingerprint density at radius 1 is 1.04 bits per heavy atom. The van der Waals surface area contributed by atoms with Gasteiger partial charge in [0, 0.05) is 33.1 Å². The molecule has 0 unspecified atom stereocenters. The second-order valence-electron chi connectivity index (χ2n) is 5.47. The Labute approximate surface area is 160 Å². The number of aromatic nitrogens is 2. The van der Waals surface area contributed by atoms with Crippen molar-refractivity contribution in [2.45, 2.75) is 6.92 Å². The molecular formula is C18H15Cl2N5O. The number of guanidine groups is 1. The van der Waals surface area contributed by atoms with E-state index in [0.717, 1.165) is 5.69 Å². The zero-order valence-corrected chi connectivity index (χ0v) is 15.3. The Kier molecular flexibility index (Phi) is 5.55. The number of hydrogen-bond acceptors (Lipinski definition) is 2. The summed E-state index contributed by atoms with van der Waals surface area (Å²) in [6.07, 6.45) is 0. The molecule has 3 rings (SSSR count). The molecule has 1 amide bonds. The second-order valence-corrected chi connectivity index (χ2v) is 6.35. The van der Waals surface area contributed by atoms with Crippen molar-refractivity contribution in [3.05, 3.63) is 75.9 Å². The van der Waals surface area contributed by atoms with Crippen LogP contribution in [0.1, 0.15) is 16.1 Å². The molecule has 0 radical (unpaired) electrons. The van der Waals surface area contributed by atoms with Crippen LogP contribution in [-0.2, 0) is 0 Å². The van der Waals surface area contributed by atoms with Gasteiger partial charge in [0.15, 0.2) is 5.82 Å². The number of amides is 1. The fourth-order valence-electron chi connectivity index (χ4n) is 2.18. The van der Waals surface area contributed by atoms with Crippen molar-refractivity contribution in [1.82, 2.24) is 10.2 Å². The summed E-state index contributed by atoms with van der Waals surface area (Å²) in [6.45, 7) is 1.87. The summed E-state index contributed by atoms with van der Waals surface area (Å²) >= 11 is 12.0. The maximum Gasteiger partial charge on any atom is 0.280 e. The fraction of sp³-hybridized carbons (Fsp3) is 0.0556. The monoisotopic (exact) mass is 387 g/mol. The number of rotatable bonds is 3. The SMILES string of the molecule is Cc1cc(N/C(=N\C(=O)c2cccc(Cl)c2)Nc2cccc(Cl)c2)n[nH]1.